The second-order valence-electron chi connectivity index (χ2n) is 3.92. The van der Waals surface area contributed by atoms with Gasteiger partial charge in [-0.3, -0.25) is 0 Å². The van der Waals surface area contributed by atoms with Gasteiger partial charge in [-0.1, -0.05) is 36.4 Å². The molecule has 1 heterocycles. The van der Waals surface area contributed by atoms with Crippen LogP contribution in [0.1, 0.15) is 0 Å². The molecular formula is C12H10N2O3S. The van der Waals surface area contributed by atoms with Gasteiger partial charge in [0.05, 0.1) is 11.9 Å². The zero-order valence-electron chi connectivity index (χ0n) is 9.24. The van der Waals surface area contributed by atoms with Gasteiger partial charge in [-0.15, -0.1) is 0 Å². The van der Waals surface area contributed by atoms with E-state index in [4.69, 9.17) is 0 Å². The molecule has 2 aromatic carbocycles. The minimum absolute atomic E-state index is 0.386. The summed E-state index contributed by atoms with van der Waals surface area (Å²) in [4.78, 5) is 0. The highest BCUT2D eigenvalue weighted by molar-refractivity contribution is 7.91. The van der Waals surface area contributed by atoms with Crippen LogP contribution in [0, 0.1) is 0 Å². The van der Waals surface area contributed by atoms with Gasteiger partial charge in [-0.2, -0.15) is 8.42 Å². The molecule has 2 aromatic rings. The quantitative estimate of drug-likeness (QED) is 0.824. The maximum absolute atomic E-state index is 11.8. The van der Waals surface area contributed by atoms with E-state index in [1.165, 1.54) is 0 Å². The van der Waals surface area contributed by atoms with E-state index in [-0.39, 0.29) is 5.88 Å². The molecule has 0 spiro atoms. The number of benzene rings is 2. The molecule has 0 aliphatic carbocycles. The van der Waals surface area contributed by atoms with Crippen molar-refractivity contribution in [1.82, 2.24) is 4.72 Å². The lowest BCUT2D eigenvalue weighted by Gasteiger charge is -2.16. The average molecular weight is 262 g/mol. The molecule has 0 saturated heterocycles. The Morgan fingerprint density at radius 3 is 2.50 bits per heavy atom. The van der Waals surface area contributed by atoms with Gasteiger partial charge in [-0.05, 0) is 11.5 Å². The summed E-state index contributed by atoms with van der Waals surface area (Å²) in [6.45, 7) is 0. The molecule has 2 N–H and O–H groups in total. The van der Waals surface area contributed by atoms with Crippen molar-refractivity contribution < 1.29 is 13.5 Å². The fourth-order valence-corrected chi connectivity index (χ4v) is 3.06. The Morgan fingerprint density at radius 2 is 1.78 bits per heavy atom. The van der Waals surface area contributed by atoms with Crippen LogP contribution in [-0.4, -0.2) is 13.5 Å². The largest absolute Gasteiger partial charge is 0.493 e. The Hall–Kier alpha value is -2.21. The van der Waals surface area contributed by atoms with Crippen molar-refractivity contribution in [2.75, 3.05) is 4.31 Å². The zero-order chi connectivity index (χ0) is 12.8. The lowest BCUT2D eigenvalue weighted by molar-refractivity contribution is 0.392. The second kappa shape index (κ2) is 3.64. The Morgan fingerprint density at radius 1 is 1.06 bits per heavy atom. The smallest absolute Gasteiger partial charge is 0.330 e. The number of nitrogens with one attached hydrogen (secondary N) is 1. The van der Waals surface area contributed by atoms with Gasteiger partial charge < -0.3 is 5.11 Å². The molecule has 0 fully saturated rings. The third-order valence-electron chi connectivity index (χ3n) is 2.74. The second-order valence-corrected chi connectivity index (χ2v) is 5.46. The van der Waals surface area contributed by atoms with Crippen LogP contribution in [-0.2, 0) is 10.2 Å². The van der Waals surface area contributed by atoms with Crippen LogP contribution in [0.4, 0.5) is 5.69 Å². The standard InChI is InChI=1S/C12H10N2O3S/c15-12-8-14(18(16,17)13-12)11-7-3-5-9-4-1-2-6-10(9)11/h1-8,13,15H. The van der Waals surface area contributed by atoms with E-state index >= 15 is 0 Å². The maximum atomic E-state index is 11.8. The summed E-state index contributed by atoms with van der Waals surface area (Å²) in [6.07, 6.45) is 1.15. The highest BCUT2D eigenvalue weighted by atomic mass is 32.2. The molecule has 0 atom stereocenters. The van der Waals surface area contributed by atoms with E-state index in [0.29, 0.717) is 5.69 Å². The van der Waals surface area contributed by atoms with E-state index in [2.05, 4.69) is 0 Å². The highest BCUT2D eigenvalue weighted by Crippen LogP contribution is 2.30. The molecule has 1 aliphatic heterocycles. The Kier molecular flexibility index (Phi) is 2.21. The molecule has 0 radical (unpaired) electrons. The topological polar surface area (TPSA) is 69.6 Å². The van der Waals surface area contributed by atoms with E-state index in [0.717, 1.165) is 21.3 Å². The van der Waals surface area contributed by atoms with Crippen molar-refractivity contribution in [2.24, 2.45) is 0 Å². The number of nitrogens with zero attached hydrogens (tertiary/aromatic N) is 1. The summed E-state index contributed by atoms with van der Waals surface area (Å²) in [7, 11) is -3.74. The van der Waals surface area contributed by atoms with E-state index in [1.54, 1.807) is 12.1 Å². The molecule has 0 amide bonds. The van der Waals surface area contributed by atoms with Crippen LogP contribution >= 0.6 is 0 Å². The van der Waals surface area contributed by atoms with Gasteiger partial charge in [0.25, 0.3) is 0 Å². The Bertz CT molecular complexity index is 748. The van der Waals surface area contributed by atoms with Crippen LogP contribution in [0.15, 0.2) is 54.5 Å². The Labute approximate surface area is 104 Å². The molecule has 0 unspecified atom stereocenters. The Balaban J connectivity index is 2.27. The third-order valence-corrected chi connectivity index (χ3v) is 4.02. The molecule has 3 rings (SSSR count). The van der Waals surface area contributed by atoms with Crippen molar-refractivity contribution in [3.8, 4) is 0 Å². The number of hydrogen-bond donors (Lipinski definition) is 2. The minimum atomic E-state index is -3.74. The monoisotopic (exact) mass is 262 g/mol. The van der Waals surface area contributed by atoms with Crippen LogP contribution < -0.4 is 9.03 Å². The number of hydrogen-bond acceptors (Lipinski definition) is 3. The summed E-state index contributed by atoms with van der Waals surface area (Å²) in [6, 6.07) is 12.8. The summed E-state index contributed by atoms with van der Waals surface area (Å²) in [5.74, 6) is -0.386. The normalized spacial score (nSPS) is 17.6. The fraction of sp³-hybridized carbons (Fsp3) is 0. The fourth-order valence-electron chi connectivity index (χ4n) is 1.99. The van der Waals surface area contributed by atoms with Crippen LogP contribution in [0.3, 0.4) is 0 Å². The first kappa shape index (κ1) is 10.9. The van der Waals surface area contributed by atoms with Crippen LogP contribution in [0.5, 0.6) is 0 Å². The van der Waals surface area contributed by atoms with Gasteiger partial charge in [0.1, 0.15) is 0 Å². The lowest BCUT2D eigenvalue weighted by atomic mass is 10.1. The highest BCUT2D eigenvalue weighted by Gasteiger charge is 2.29. The van der Waals surface area contributed by atoms with Gasteiger partial charge in [-0.25, -0.2) is 9.03 Å². The molecule has 0 bridgehead atoms. The van der Waals surface area contributed by atoms with Crippen molar-refractivity contribution >= 4 is 26.7 Å². The minimum Gasteiger partial charge on any atom is -0.493 e. The van der Waals surface area contributed by atoms with Gasteiger partial charge >= 0.3 is 10.2 Å². The lowest BCUT2D eigenvalue weighted by Crippen LogP contribution is -2.29. The van der Waals surface area contributed by atoms with E-state index in [1.807, 2.05) is 35.1 Å². The van der Waals surface area contributed by atoms with E-state index < -0.39 is 10.2 Å². The predicted molar refractivity (Wildman–Crippen MR) is 69.2 cm³/mol. The first-order valence-corrected chi connectivity index (χ1v) is 6.73. The van der Waals surface area contributed by atoms with Crippen LogP contribution in [0.2, 0.25) is 0 Å². The number of fused-ring (bicyclic) bond motifs is 1. The summed E-state index contributed by atoms with van der Waals surface area (Å²) in [5, 5.41) is 11.0. The molecule has 6 heteroatoms. The third kappa shape index (κ3) is 1.58. The summed E-state index contributed by atoms with van der Waals surface area (Å²) >= 11 is 0. The molecule has 0 aromatic heterocycles. The van der Waals surface area contributed by atoms with Crippen molar-refractivity contribution in [1.29, 1.82) is 0 Å². The first-order valence-electron chi connectivity index (χ1n) is 5.29. The van der Waals surface area contributed by atoms with Gasteiger partial charge in [0, 0.05) is 5.39 Å². The molecule has 5 nitrogen and oxygen atoms in total. The zero-order valence-corrected chi connectivity index (χ0v) is 10.1. The van der Waals surface area contributed by atoms with Crippen molar-refractivity contribution in [3.05, 3.63) is 54.5 Å². The SMILES string of the molecule is O=S1(=O)NC(O)=CN1c1cccc2ccccc12. The molecular weight excluding hydrogens is 252 g/mol. The number of aliphatic hydroxyl groups is 1. The molecule has 1 aliphatic rings. The number of rotatable bonds is 1. The first-order chi connectivity index (χ1) is 8.58. The van der Waals surface area contributed by atoms with E-state index in [9.17, 15) is 13.5 Å². The predicted octanol–water partition coefficient (Wildman–Crippen LogP) is 1.85. The summed E-state index contributed by atoms with van der Waals surface area (Å²) < 4.78 is 26.7. The van der Waals surface area contributed by atoms with Crippen molar-refractivity contribution in [3.63, 3.8) is 0 Å². The van der Waals surface area contributed by atoms with Crippen LogP contribution in [0.25, 0.3) is 10.8 Å². The maximum Gasteiger partial charge on any atom is 0.330 e. The molecule has 18 heavy (non-hydrogen) atoms. The van der Waals surface area contributed by atoms with Gasteiger partial charge in [0.15, 0.2) is 0 Å². The molecule has 0 saturated carbocycles. The van der Waals surface area contributed by atoms with Crippen molar-refractivity contribution in [2.45, 2.75) is 0 Å². The number of anilines is 1. The number of aliphatic hydroxyl groups excluding tert-OH is 1. The summed E-state index contributed by atoms with van der Waals surface area (Å²) in [5.41, 5.74) is 0.504. The van der Waals surface area contributed by atoms with Gasteiger partial charge in [0.2, 0.25) is 5.88 Å². The molecule has 92 valence electrons. The average Bonchev–Trinajstić information content (AvgIpc) is 2.61.